The van der Waals surface area contributed by atoms with Gasteiger partial charge in [0.05, 0.1) is 10.6 Å². The van der Waals surface area contributed by atoms with E-state index in [2.05, 4.69) is 15.8 Å². The van der Waals surface area contributed by atoms with Gasteiger partial charge in [0, 0.05) is 18.7 Å². The lowest BCUT2D eigenvalue weighted by atomic mass is 10.1. The van der Waals surface area contributed by atoms with Gasteiger partial charge >= 0.3 is 0 Å². The van der Waals surface area contributed by atoms with Gasteiger partial charge in [-0.3, -0.25) is 15.5 Å². The van der Waals surface area contributed by atoms with E-state index < -0.39 is 4.92 Å². The van der Waals surface area contributed by atoms with Crippen molar-refractivity contribution < 1.29 is 4.92 Å². The molecule has 0 radical (unpaired) electrons. The molecule has 1 aromatic carbocycles. The number of hydrogen-bond acceptors (Lipinski definition) is 4. The van der Waals surface area contributed by atoms with Crippen LogP contribution in [0.4, 0.5) is 5.69 Å². The average molecular weight is 287 g/mol. The SMILES string of the molecule is CNC(=S)NN=C(C)c1ccc(Cl)c([N+](=O)[O-])c1. The van der Waals surface area contributed by atoms with Gasteiger partial charge in [-0.05, 0) is 25.2 Å². The first kappa shape index (κ1) is 14.3. The molecule has 0 aromatic heterocycles. The van der Waals surface area contributed by atoms with Gasteiger partial charge in [-0.2, -0.15) is 5.10 Å². The van der Waals surface area contributed by atoms with Crippen LogP contribution in [0.15, 0.2) is 23.3 Å². The molecule has 2 N–H and O–H groups in total. The van der Waals surface area contributed by atoms with Gasteiger partial charge in [0.2, 0.25) is 0 Å². The van der Waals surface area contributed by atoms with Gasteiger partial charge in [-0.1, -0.05) is 17.7 Å². The van der Waals surface area contributed by atoms with E-state index >= 15 is 0 Å². The van der Waals surface area contributed by atoms with Crippen LogP contribution in [0.5, 0.6) is 0 Å². The largest absolute Gasteiger partial charge is 0.364 e. The molecule has 0 spiro atoms. The van der Waals surface area contributed by atoms with Crippen molar-refractivity contribution in [1.29, 1.82) is 0 Å². The van der Waals surface area contributed by atoms with Gasteiger partial charge in [0.1, 0.15) is 5.02 Å². The third-order valence-corrected chi connectivity index (χ3v) is 2.73. The molecule has 0 atom stereocenters. The second-order valence-corrected chi connectivity index (χ2v) is 4.13. The summed E-state index contributed by atoms with van der Waals surface area (Å²) in [7, 11) is 1.66. The van der Waals surface area contributed by atoms with Gasteiger partial charge < -0.3 is 5.32 Å². The lowest BCUT2D eigenvalue weighted by Crippen LogP contribution is -2.29. The number of nitrogens with zero attached hydrogens (tertiary/aromatic N) is 2. The number of hydrogen-bond donors (Lipinski definition) is 2. The predicted molar refractivity (Wildman–Crippen MR) is 75.1 cm³/mol. The first-order chi connectivity index (χ1) is 8.45. The van der Waals surface area contributed by atoms with Crippen molar-refractivity contribution in [2.45, 2.75) is 6.92 Å². The highest BCUT2D eigenvalue weighted by atomic mass is 35.5. The second kappa shape index (κ2) is 6.27. The molecule has 0 amide bonds. The molecule has 0 fully saturated rings. The van der Waals surface area contributed by atoms with Crippen LogP contribution in [0.2, 0.25) is 5.02 Å². The molecule has 1 rings (SSSR count). The van der Waals surface area contributed by atoms with Crippen molar-refractivity contribution in [3.8, 4) is 0 Å². The molecule has 18 heavy (non-hydrogen) atoms. The Hall–Kier alpha value is -1.73. The minimum Gasteiger partial charge on any atom is -0.364 e. The summed E-state index contributed by atoms with van der Waals surface area (Å²) in [5, 5.41) is 17.9. The minimum atomic E-state index is -0.537. The van der Waals surface area contributed by atoms with Crippen molar-refractivity contribution >= 4 is 40.3 Å². The number of nitro benzene ring substituents is 1. The first-order valence-corrected chi connectivity index (χ1v) is 5.70. The molecule has 0 aliphatic heterocycles. The summed E-state index contributed by atoms with van der Waals surface area (Å²) >= 11 is 10.6. The summed E-state index contributed by atoms with van der Waals surface area (Å²) in [5.41, 5.74) is 3.60. The van der Waals surface area contributed by atoms with Gasteiger partial charge in [-0.15, -0.1) is 0 Å². The van der Waals surface area contributed by atoms with Crippen molar-refractivity contribution in [2.75, 3.05) is 7.05 Å². The fraction of sp³-hybridized carbons (Fsp3) is 0.200. The highest BCUT2D eigenvalue weighted by Gasteiger charge is 2.13. The molecule has 0 bridgehead atoms. The normalized spacial score (nSPS) is 10.9. The Morgan fingerprint density at radius 2 is 2.22 bits per heavy atom. The zero-order chi connectivity index (χ0) is 13.7. The molecule has 8 heteroatoms. The monoisotopic (exact) mass is 286 g/mol. The summed E-state index contributed by atoms with van der Waals surface area (Å²) in [6, 6.07) is 4.48. The Bertz CT molecular complexity index is 519. The van der Waals surface area contributed by atoms with E-state index in [1.165, 1.54) is 12.1 Å². The summed E-state index contributed by atoms with van der Waals surface area (Å²) in [4.78, 5) is 10.2. The van der Waals surface area contributed by atoms with Crippen molar-refractivity contribution in [3.05, 3.63) is 38.9 Å². The number of hydrazone groups is 1. The van der Waals surface area contributed by atoms with Crippen LogP contribution in [-0.4, -0.2) is 22.8 Å². The molecule has 96 valence electrons. The molecular weight excluding hydrogens is 276 g/mol. The van der Waals surface area contributed by atoms with Crippen LogP contribution < -0.4 is 10.7 Å². The minimum absolute atomic E-state index is 0.0928. The van der Waals surface area contributed by atoms with Gasteiger partial charge in [0.25, 0.3) is 5.69 Å². The summed E-state index contributed by atoms with van der Waals surface area (Å²) < 4.78 is 0. The molecule has 0 heterocycles. The standard InChI is InChI=1S/C10H11ClN4O2S/c1-6(13-14-10(18)12-2)7-3-4-8(11)9(5-7)15(16)17/h3-5H,1-2H3,(H2,12,14,18). The van der Waals surface area contributed by atoms with Crippen LogP contribution in [0.3, 0.4) is 0 Å². The fourth-order valence-electron chi connectivity index (χ4n) is 1.13. The lowest BCUT2D eigenvalue weighted by Gasteiger charge is -2.04. The van der Waals surface area contributed by atoms with E-state index in [9.17, 15) is 10.1 Å². The Morgan fingerprint density at radius 3 is 2.78 bits per heavy atom. The maximum Gasteiger partial charge on any atom is 0.288 e. The highest BCUT2D eigenvalue weighted by molar-refractivity contribution is 7.80. The third kappa shape index (κ3) is 3.64. The maximum absolute atomic E-state index is 10.7. The number of thiocarbonyl (C=S) groups is 1. The van der Waals surface area contributed by atoms with Crippen LogP contribution in [-0.2, 0) is 0 Å². The number of nitro groups is 1. The van der Waals surface area contributed by atoms with Crippen LogP contribution in [0, 0.1) is 10.1 Å². The van der Waals surface area contributed by atoms with Crippen molar-refractivity contribution in [2.24, 2.45) is 5.10 Å². The van der Waals surface area contributed by atoms with E-state index in [1.54, 1.807) is 20.0 Å². The molecule has 0 saturated carbocycles. The molecule has 0 unspecified atom stereocenters. The molecular formula is C10H11ClN4O2S. The number of halogens is 1. The molecule has 6 nitrogen and oxygen atoms in total. The number of benzene rings is 1. The van der Waals surface area contributed by atoms with E-state index in [0.29, 0.717) is 16.4 Å². The van der Waals surface area contributed by atoms with E-state index in [1.807, 2.05) is 0 Å². The molecule has 0 saturated heterocycles. The quantitative estimate of drug-likeness (QED) is 0.385. The molecule has 0 aliphatic rings. The van der Waals surface area contributed by atoms with Crippen LogP contribution in [0.1, 0.15) is 12.5 Å². The smallest absolute Gasteiger partial charge is 0.288 e. The Balaban J connectivity index is 2.99. The Morgan fingerprint density at radius 1 is 1.56 bits per heavy atom. The van der Waals surface area contributed by atoms with Crippen LogP contribution in [0.25, 0.3) is 0 Å². The predicted octanol–water partition coefficient (Wildman–Crippen LogP) is 2.07. The summed E-state index contributed by atoms with van der Waals surface area (Å²) in [6.45, 7) is 1.71. The summed E-state index contributed by atoms with van der Waals surface area (Å²) in [6.07, 6.45) is 0. The Kier molecular flexibility index (Phi) is 4.99. The zero-order valence-electron chi connectivity index (χ0n) is 9.73. The zero-order valence-corrected chi connectivity index (χ0v) is 11.3. The number of rotatable bonds is 3. The van der Waals surface area contributed by atoms with E-state index in [4.69, 9.17) is 23.8 Å². The maximum atomic E-state index is 10.7. The van der Waals surface area contributed by atoms with Crippen molar-refractivity contribution in [3.63, 3.8) is 0 Å². The molecule has 1 aromatic rings. The lowest BCUT2D eigenvalue weighted by molar-refractivity contribution is -0.384. The van der Waals surface area contributed by atoms with Crippen LogP contribution >= 0.6 is 23.8 Å². The summed E-state index contributed by atoms with van der Waals surface area (Å²) in [5.74, 6) is 0. The topological polar surface area (TPSA) is 79.6 Å². The van der Waals surface area contributed by atoms with Gasteiger partial charge in [-0.25, -0.2) is 0 Å². The van der Waals surface area contributed by atoms with E-state index in [-0.39, 0.29) is 10.7 Å². The first-order valence-electron chi connectivity index (χ1n) is 4.92. The number of nitrogens with one attached hydrogen (secondary N) is 2. The Labute approximate surface area is 114 Å². The van der Waals surface area contributed by atoms with E-state index in [0.717, 1.165) is 0 Å². The highest BCUT2D eigenvalue weighted by Crippen LogP contribution is 2.25. The average Bonchev–Trinajstić information content (AvgIpc) is 2.35. The fourth-order valence-corrected chi connectivity index (χ4v) is 1.36. The van der Waals surface area contributed by atoms with Gasteiger partial charge in [0.15, 0.2) is 5.11 Å². The molecule has 0 aliphatic carbocycles. The second-order valence-electron chi connectivity index (χ2n) is 3.31. The van der Waals surface area contributed by atoms with Crippen molar-refractivity contribution in [1.82, 2.24) is 10.7 Å². The third-order valence-electron chi connectivity index (χ3n) is 2.11.